The molecule has 0 saturated carbocycles. The summed E-state index contributed by atoms with van der Waals surface area (Å²) in [5.74, 6) is 2.39. The molecule has 0 aliphatic heterocycles. The van der Waals surface area contributed by atoms with Gasteiger partial charge in [-0.25, -0.2) is 0 Å². The van der Waals surface area contributed by atoms with Crippen LogP contribution in [0, 0.1) is 0 Å². The number of benzene rings is 2. The zero-order valence-electron chi connectivity index (χ0n) is 14.0. The molecule has 0 N–H and O–H groups in total. The molecule has 0 radical (unpaired) electrons. The van der Waals surface area contributed by atoms with E-state index >= 15 is 0 Å². The molecular formula is C19H24O3. The first-order chi connectivity index (χ1) is 10.4. The average molecular weight is 300 g/mol. The third-order valence-corrected chi connectivity index (χ3v) is 3.54. The molecule has 3 nitrogen and oxygen atoms in total. The van der Waals surface area contributed by atoms with Crippen LogP contribution in [0.25, 0.3) is 0 Å². The molecule has 0 aromatic heterocycles. The largest absolute Gasteiger partial charge is 0.497 e. The lowest BCUT2D eigenvalue weighted by Crippen LogP contribution is -2.10. The van der Waals surface area contributed by atoms with Gasteiger partial charge in [0.2, 0.25) is 0 Å². The van der Waals surface area contributed by atoms with E-state index in [9.17, 15) is 0 Å². The SMILES string of the molecule is COc1cc(COc2ccc(C(C)(C)C)cc2)cc(OC)c1. The number of rotatable bonds is 5. The fourth-order valence-corrected chi connectivity index (χ4v) is 2.17. The molecule has 0 fully saturated rings. The Balaban J connectivity index is 2.06. The van der Waals surface area contributed by atoms with E-state index in [0.717, 1.165) is 22.8 Å². The second kappa shape index (κ2) is 6.73. The number of hydrogen-bond acceptors (Lipinski definition) is 3. The smallest absolute Gasteiger partial charge is 0.122 e. The van der Waals surface area contributed by atoms with Crippen molar-refractivity contribution in [3.05, 3.63) is 53.6 Å². The first-order valence-corrected chi connectivity index (χ1v) is 7.37. The van der Waals surface area contributed by atoms with Crippen molar-refractivity contribution >= 4 is 0 Å². The minimum Gasteiger partial charge on any atom is -0.497 e. The Hall–Kier alpha value is -2.16. The maximum atomic E-state index is 5.85. The summed E-state index contributed by atoms with van der Waals surface area (Å²) < 4.78 is 16.4. The molecule has 0 atom stereocenters. The van der Waals surface area contributed by atoms with Crippen LogP contribution in [0.2, 0.25) is 0 Å². The van der Waals surface area contributed by atoms with Gasteiger partial charge in [-0.15, -0.1) is 0 Å². The molecule has 0 amide bonds. The number of methoxy groups -OCH3 is 2. The molecule has 22 heavy (non-hydrogen) atoms. The van der Waals surface area contributed by atoms with Gasteiger partial charge in [0, 0.05) is 6.07 Å². The van der Waals surface area contributed by atoms with Crippen molar-refractivity contribution in [3.63, 3.8) is 0 Å². The molecule has 0 aliphatic rings. The fraction of sp³-hybridized carbons (Fsp3) is 0.368. The van der Waals surface area contributed by atoms with Crippen LogP contribution in [0.5, 0.6) is 17.2 Å². The molecule has 0 saturated heterocycles. The molecule has 2 aromatic rings. The van der Waals surface area contributed by atoms with E-state index in [4.69, 9.17) is 14.2 Å². The van der Waals surface area contributed by atoms with Gasteiger partial charge in [0.1, 0.15) is 23.9 Å². The lowest BCUT2D eigenvalue weighted by molar-refractivity contribution is 0.303. The molecule has 0 heterocycles. The van der Waals surface area contributed by atoms with Gasteiger partial charge in [-0.1, -0.05) is 32.9 Å². The van der Waals surface area contributed by atoms with E-state index < -0.39 is 0 Å². The molecule has 0 unspecified atom stereocenters. The first kappa shape index (κ1) is 16.2. The van der Waals surface area contributed by atoms with Gasteiger partial charge in [0.25, 0.3) is 0 Å². The maximum absolute atomic E-state index is 5.85. The monoisotopic (exact) mass is 300 g/mol. The highest BCUT2D eigenvalue weighted by Crippen LogP contribution is 2.26. The van der Waals surface area contributed by atoms with Crippen molar-refractivity contribution in [1.82, 2.24) is 0 Å². The average Bonchev–Trinajstić information content (AvgIpc) is 2.52. The highest BCUT2D eigenvalue weighted by Gasteiger charge is 2.13. The van der Waals surface area contributed by atoms with Gasteiger partial charge in [0.15, 0.2) is 0 Å². The molecule has 3 heteroatoms. The summed E-state index contributed by atoms with van der Waals surface area (Å²) >= 11 is 0. The Morgan fingerprint density at radius 2 is 1.32 bits per heavy atom. The normalized spacial score (nSPS) is 11.1. The van der Waals surface area contributed by atoms with E-state index in [1.165, 1.54) is 5.56 Å². The van der Waals surface area contributed by atoms with Crippen LogP contribution in [0.4, 0.5) is 0 Å². The van der Waals surface area contributed by atoms with Gasteiger partial charge < -0.3 is 14.2 Å². The third-order valence-electron chi connectivity index (χ3n) is 3.54. The highest BCUT2D eigenvalue weighted by molar-refractivity contribution is 5.38. The van der Waals surface area contributed by atoms with Gasteiger partial charge in [-0.2, -0.15) is 0 Å². The van der Waals surface area contributed by atoms with E-state index in [1.54, 1.807) is 14.2 Å². The van der Waals surface area contributed by atoms with E-state index in [2.05, 4.69) is 32.9 Å². The lowest BCUT2D eigenvalue weighted by Gasteiger charge is -2.19. The highest BCUT2D eigenvalue weighted by atomic mass is 16.5. The summed E-state index contributed by atoms with van der Waals surface area (Å²) in [4.78, 5) is 0. The van der Waals surface area contributed by atoms with Crippen LogP contribution < -0.4 is 14.2 Å². The molecule has 0 spiro atoms. The van der Waals surface area contributed by atoms with Crippen molar-refractivity contribution in [1.29, 1.82) is 0 Å². The molecular weight excluding hydrogens is 276 g/mol. The van der Waals surface area contributed by atoms with Crippen LogP contribution in [-0.2, 0) is 12.0 Å². The molecule has 2 aromatic carbocycles. The molecule has 2 rings (SSSR count). The van der Waals surface area contributed by atoms with Crippen LogP contribution in [0.3, 0.4) is 0 Å². The predicted octanol–water partition coefficient (Wildman–Crippen LogP) is 4.58. The standard InChI is InChI=1S/C19H24O3/c1-19(2,3)15-6-8-16(9-7-15)22-13-14-10-17(20-4)12-18(11-14)21-5/h6-12H,13H2,1-5H3. The Morgan fingerprint density at radius 1 is 0.773 bits per heavy atom. The zero-order valence-corrected chi connectivity index (χ0v) is 14.0. The second-order valence-electron chi connectivity index (χ2n) is 6.28. The third kappa shape index (κ3) is 4.17. The molecule has 0 aliphatic carbocycles. The second-order valence-corrected chi connectivity index (χ2v) is 6.28. The minimum atomic E-state index is 0.151. The Kier molecular flexibility index (Phi) is 4.96. The van der Waals surface area contributed by atoms with Crippen LogP contribution in [0.15, 0.2) is 42.5 Å². The van der Waals surface area contributed by atoms with Gasteiger partial charge in [0.05, 0.1) is 14.2 Å². The van der Waals surface area contributed by atoms with E-state index in [0.29, 0.717) is 6.61 Å². The number of hydrogen-bond donors (Lipinski definition) is 0. The first-order valence-electron chi connectivity index (χ1n) is 7.37. The molecule has 118 valence electrons. The summed E-state index contributed by atoms with van der Waals surface area (Å²) in [7, 11) is 3.29. The van der Waals surface area contributed by atoms with Crippen molar-refractivity contribution < 1.29 is 14.2 Å². The maximum Gasteiger partial charge on any atom is 0.122 e. The summed E-state index contributed by atoms with van der Waals surface area (Å²) in [6, 6.07) is 14.0. The van der Waals surface area contributed by atoms with E-state index in [-0.39, 0.29) is 5.41 Å². The van der Waals surface area contributed by atoms with E-state index in [1.807, 2.05) is 30.3 Å². The van der Waals surface area contributed by atoms with Crippen LogP contribution in [0.1, 0.15) is 31.9 Å². The van der Waals surface area contributed by atoms with Crippen molar-refractivity contribution in [2.75, 3.05) is 14.2 Å². The topological polar surface area (TPSA) is 27.7 Å². The Labute approximate surface area is 132 Å². The number of ether oxygens (including phenoxy) is 3. The minimum absolute atomic E-state index is 0.151. The quantitative estimate of drug-likeness (QED) is 0.809. The zero-order chi connectivity index (χ0) is 16.2. The summed E-state index contributed by atoms with van der Waals surface area (Å²) in [6.07, 6.45) is 0. The summed E-state index contributed by atoms with van der Waals surface area (Å²) in [5.41, 5.74) is 2.46. The summed E-state index contributed by atoms with van der Waals surface area (Å²) in [6.45, 7) is 7.07. The Bertz CT molecular complexity index is 587. The molecule has 0 bridgehead atoms. The Morgan fingerprint density at radius 3 is 1.77 bits per heavy atom. The van der Waals surface area contributed by atoms with Crippen molar-refractivity contribution in [3.8, 4) is 17.2 Å². The van der Waals surface area contributed by atoms with Gasteiger partial charge in [-0.05, 0) is 40.8 Å². The van der Waals surface area contributed by atoms with Crippen molar-refractivity contribution in [2.24, 2.45) is 0 Å². The van der Waals surface area contributed by atoms with Gasteiger partial charge >= 0.3 is 0 Å². The van der Waals surface area contributed by atoms with Gasteiger partial charge in [-0.3, -0.25) is 0 Å². The van der Waals surface area contributed by atoms with Crippen molar-refractivity contribution in [2.45, 2.75) is 32.8 Å². The predicted molar refractivity (Wildman–Crippen MR) is 89.0 cm³/mol. The van der Waals surface area contributed by atoms with Crippen LogP contribution in [-0.4, -0.2) is 14.2 Å². The fourth-order valence-electron chi connectivity index (χ4n) is 2.17. The van der Waals surface area contributed by atoms with Crippen LogP contribution >= 0.6 is 0 Å². The summed E-state index contributed by atoms with van der Waals surface area (Å²) in [5, 5.41) is 0. The lowest BCUT2D eigenvalue weighted by atomic mass is 9.87.